The van der Waals surface area contributed by atoms with Crippen LogP contribution < -0.4 is 15.4 Å². The van der Waals surface area contributed by atoms with Crippen molar-refractivity contribution in [1.29, 1.82) is 0 Å². The molecule has 0 aliphatic carbocycles. The van der Waals surface area contributed by atoms with E-state index >= 15 is 0 Å². The molecule has 1 aromatic heterocycles. The van der Waals surface area contributed by atoms with Crippen molar-refractivity contribution in [3.63, 3.8) is 0 Å². The maximum Gasteiger partial charge on any atom is 0.245 e. The Hall–Kier alpha value is -5.24. The first kappa shape index (κ1) is 46.7. The minimum Gasteiger partial charge on any atom is -0.457 e. The van der Waals surface area contributed by atoms with Crippen molar-refractivity contribution < 1.29 is 23.9 Å². The van der Waals surface area contributed by atoms with Gasteiger partial charge in [-0.25, -0.2) is 4.98 Å². The van der Waals surface area contributed by atoms with Crippen LogP contribution in [0.2, 0.25) is 10.0 Å². The third kappa shape index (κ3) is 11.7. The molecule has 3 heterocycles. The van der Waals surface area contributed by atoms with Gasteiger partial charge in [0.1, 0.15) is 23.4 Å². The number of carbonyl (C=O) groups excluding carboxylic acids is 3. The number of carbonyl (C=O) groups is 3. The maximum atomic E-state index is 14.9. The highest BCUT2D eigenvalue weighted by Gasteiger charge is 2.42. The molecule has 2 saturated heterocycles. The molecule has 5 aromatic rings. The molecule has 0 radical (unpaired) electrons. The molecule has 2 bridgehead atoms. The zero-order chi connectivity index (χ0) is 45.4. The van der Waals surface area contributed by atoms with Crippen LogP contribution in [0.1, 0.15) is 48.7 Å². The molecular formula is C50H59Cl2N7O5. The molecular weight excluding hydrogens is 849 g/mol. The molecule has 2 N–H and O–H groups in total. The monoisotopic (exact) mass is 907 g/mol. The summed E-state index contributed by atoms with van der Waals surface area (Å²) in [6, 6.07) is 29.3. The summed E-state index contributed by atoms with van der Waals surface area (Å²) in [6.45, 7) is 4.12. The number of hydrogen-bond donors (Lipinski definition) is 2. The molecule has 14 heteroatoms. The second-order valence-corrected chi connectivity index (χ2v) is 18.4. The third-order valence-electron chi connectivity index (χ3n) is 12.4. The number of hydrogen-bond acceptors (Lipinski definition) is 8. The fraction of sp³-hybridized carbons (Fsp3) is 0.400. The van der Waals surface area contributed by atoms with Crippen molar-refractivity contribution in [2.75, 3.05) is 47.4 Å². The number of methoxy groups -OCH3 is 1. The van der Waals surface area contributed by atoms with Gasteiger partial charge in [0.25, 0.3) is 0 Å². The molecule has 0 saturated carbocycles. The van der Waals surface area contributed by atoms with E-state index in [1.165, 1.54) is 7.11 Å². The minimum absolute atomic E-state index is 0.0276. The van der Waals surface area contributed by atoms with Crippen molar-refractivity contribution in [3.05, 3.63) is 136 Å². The fourth-order valence-electron chi connectivity index (χ4n) is 8.90. The van der Waals surface area contributed by atoms with Crippen molar-refractivity contribution in [2.45, 2.75) is 69.7 Å². The number of fused-ring (bicyclic) bond motifs is 2. The zero-order valence-electron chi connectivity index (χ0n) is 37.4. The normalized spacial score (nSPS) is 21.3. The van der Waals surface area contributed by atoms with Crippen molar-refractivity contribution >= 4 is 40.9 Å². The standard InChI is InChI=1S/C50H59Cl2N7O5/c1-34-47(60)54-43(32-63-5)48(61)55-50(28-36-12-17-40(51)18-13-36)23-9-24-59(33-50)49(62)38(26-35-10-7-6-8-11-35)22-25-58(34)30-39-14-19-41(52)27-45(39)64-42-20-15-37(16-21-42)44-29-53-46(57(44)4)31-56(2)3/h6-8,10-21,27,29,34,38,43H,9,22-26,28,30-33H2,1-5H3,(H,54,60)(H,55,61). The topological polar surface area (TPSA) is 121 Å². The summed E-state index contributed by atoms with van der Waals surface area (Å²) in [6.07, 6.45) is 4.73. The lowest BCUT2D eigenvalue weighted by molar-refractivity contribution is -0.141. The summed E-state index contributed by atoms with van der Waals surface area (Å²) in [7, 11) is 7.56. The smallest absolute Gasteiger partial charge is 0.245 e. The summed E-state index contributed by atoms with van der Waals surface area (Å²) < 4.78 is 14.2. The lowest BCUT2D eigenvalue weighted by Crippen LogP contribution is -2.65. The van der Waals surface area contributed by atoms with Gasteiger partial charge in [-0.15, -0.1) is 0 Å². The van der Waals surface area contributed by atoms with Crippen LogP contribution in [0.4, 0.5) is 0 Å². The molecule has 4 aromatic carbocycles. The molecule has 0 spiro atoms. The number of piperidine rings is 1. The largest absolute Gasteiger partial charge is 0.457 e. The fourth-order valence-corrected chi connectivity index (χ4v) is 9.19. The van der Waals surface area contributed by atoms with Crippen LogP contribution in [0.25, 0.3) is 11.3 Å². The molecule has 4 atom stereocenters. The number of nitrogens with zero attached hydrogens (tertiary/aromatic N) is 5. The molecule has 4 unspecified atom stereocenters. The Morgan fingerprint density at radius 1 is 0.891 bits per heavy atom. The van der Waals surface area contributed by atoms with E-state index in [2.05, 4.69) is 25.1 Å². The molecule has 64 heavy (non-hydrogen) atoms. The van der Waals surface area contributed by atoms with Crippen LogP contribution >= 0.6 is 23.2 Å². The molecule has 3 amide bonds. The van der Waals surface area contributed by atoms with Gasteiger partial charge in [-0.3, -0.25) is 19.3 Å². The molecule has 2 aliphatic rings. The highest BCUT2D eigenvalue weighted by Crippen LogP contribution is 2.33. The highest BCUT2D eigenvalue weighted by atomic mass is 35.5. The zero-order valence-corrected chi connectivity index (χ0v) is 38.9. The van der Waals surface area contributed by atoms with Crippen LogP contribution in [0.3, 0.4) is 0 Å². The van der Waals surface area contributed by atoms with Crippen molar-refractivity contribution in [3.8, 4) is 22.8 Å². The van der Waals surface area contributed by atoms with Crippen LogP contribution in [0.5, 0.6) is 11.5 Å². The Morgan fingerprint density at radius 2 is 1.62 bits per heavy atom. The van der Waals surface area contributed by atoms with Gasteiger partial charge >= 0.3 is 0 Å². The van der Waals surface area contributed by atoms with Gasteiger partial charge in [0, 0.05) is 67.4 Å². The number of ether oxygens (including phenoxy) is 2. The van der Waals surface area contributed by atoms with E-state index in [9.17, 15) is 14.4 Å². The first-order valence-electron chi connectivity index (χ1n) is 21.9. The number of rotatable bonds is 13. The number of amides is 3. The van der Waals surface area contributed by atoms with Gasteiger partial charge in [0.2, 0.25) is 17.7 Å². The maximum absolute atomic E-state index is 14.9. The number of halogens is 2. The van der Waals surface area contributed by atoms with E-state index < -0.39 is 23.5 Å². The van der Waals surface area contributed by atoms with Crippen LogP contribution in [-0.4, -0.2) is 107 Å². The second kappa shape index (κ2) is 21.2. The lowest BCUT2D eigenvalue weighted by atomic mass is 9.81. The van der Waals surface area contributed by atoms with Gasteiger partial charge in [-0.1, -0.05) is 71.7 Å². The predicted molar refractivity (Wildman–Crippen MR) is 251 cm³/mol. The van der Waals surface area contributed by atoms with Gasteiger partial charge in [-0.2, -0.15) is 0 Å². The van der Waals surface area contributed by atoms with E-state index in [4.69, 9.17) is 32.7 Å². The van der Waals surface area contributed by atoms with Crippen LogP contribution in [-0.2, 0) is 52.1 Å². The number of aromatic nitrogens is 2. The van der Waals surface area contributed by atoms with E-state index in [1.54, 1.807) is 6.07 Å². The Labute approximate surface area is 386 Å². The predicted octanol–water partition coefficient (Wildman–Crippen LogP) is 7.55. The number of nitrogens with one attached hydrogen (secondary N) is 2. The van der Waals surface area contributed by atoms with Gasteiger partial charge < -0.3 is 34.5 Å². The van der Waals surface area contributed by atoms with E-state index in [1.807, 2.05) is 135 Å². The van der Waals surface area contributed by atoms with E-state index in [0.29, 0.717) is 79.8 Å². The van der Waals surface area contributed by atoms with Gasteiger partial charge in [0.15, 0.2) is 0 Å². The first-order valence-corrected chi connectivity index (χ1v) is 22.7. The number of imidazole rings is 1. The lowest BCUT2D eigenvalue weighted by Gasteiger charge is -2.45. The highest BCUT2D eigenvalue weighted by molar-refractivity contribution is 6.31. The Morgan fingerprint density at radius 3 is 2.34 bits per heavy atom. The Kier molecular flexibility index (Phi) is 15.5. The first-order chi connectivity index (χ1) is 30.8. The summed E-state index contributed by atoms with van der Waals surface area (Å²) in [5.74, 6) is 1.04. The van der Waals surface area contributed by atoms with Crippen LogP contribution in [0.15, 0.2) is 103 Å². The summed E-state index contributed by atoms with van der Waals surface area (Å²) >= 11 is 12.9. The Bertz CT molecular complexity index is 2380. The van der Waals surface area contributed by atoms with Gasteiger partial charge in [-0.05, 0) is 113 Å². The summed E-state index contributed by atoms with van der Waals surface area (Å²) in [4.78, 5) is 54.4. The van der Waals surface area contributed by atoms with E-state index in [0.717, 1.165) is 40.3 Å². The van der Waals surface area contributed by atoms with Crippen molar-refractivity contribution in [2.24, 2.45) is 13.0 Å². The average Bonchev–Trinajstić information content (AvgIpc) is 3.63. The molecule has 2 fully saturated rings. The summed E-state index contributed by atoms with van der Waals surface area (Å²) in [5, 5.41) is 7.48. The second-order valence-electron chi connectivity index (χ2n) is 17.5. The quantitative estimate of drug-likeness (QED) is 0.124. The molecule has 338 valence electrons. The average molecular weight is 909 g/mol. The minimum atomic E-state index is -0.980. The third-order valence-corrected chi connectivity index (χ3v) is 12.9. The van der Waals surface area contributed by atoms with Crippen LogP contribution in [0, 0.1) is 5.92 Å². The SMILES string of the molecule is COCC1NC(=O)C(C)N(Cc2ccc(Cl)cc2Oc2ccc(-c3cnc(CN(C)C)n3C)cc2)CCC(Cc2ccccc2)C(=O)N2CCCC(Cc3ccc(Cl)cc3)(C2)NC1=O. The van der Waals surface area contributed by atoms with Crippen molar-refractivity contribution in [1.82, 2.24) is 34.9 Å². The molecule has 7 rings (SSSR count). The van der Waals surface area contributed by atoms with E-state index in [-0.39, 0.29) is 24.3 Å². The van der Waals surface area contributed by atoms with Gasteiger partial charge in [0.05, 0.1) is 36.6 Å². The molecule has 12 nitrogen and oxygen atoms in total. The Balaban J connectivity index is 1.19. The number of benzene rings is 4. The molecule has 2 aliphatic heterocycles. The summed E-state index contributed by atoms with van der Waals surface area (Å²) in [5.41, 5.74) is 4.05.